The molecule has 0 saturated carbocycles. The van der Waals surface area contributed by atoms with Gasteiger partial charge >= 0.3 is 0 Å². The first kappa shape index (κ1) is 14.1. The molecule has 0 aliphatic heterocycles. The molecular weight excluding hydrogens is 214 g/mol. The first-order chi connectivity index (χ1) is 6.75. The number of rotatable bonds is 1. The van der Waals surface area contributed by atoms with Crippen molar-refractivity contribution in [2.75, 3.05) is 0 Å². The van der Waals surface area contributed by atoms with Crippen LogP contribution >= 0.6 is 0 Å². The van der Waals surface area contributed by atoms with Crippen LogP contribution in [0.25, 0.3) is 0 Å². The highest BCUT2D eigenvalue weighted by molar-refractivity contribution is 7.85. The van der Waals surface area contributed by atoms with Crippen LogP contribution in [0.5, 0.6) is 0 Å². The summed E-state index contributed by atoms with van der Waals surface area (Å²) in [6.07, 6.45) is 0. The summed E-state index contributed by atoms with van der Waals surface area (Å²) in [5, 5.41) is 0. The van der Waals surface area contributed by atoms with E-state index in [4.69, 9.17) is 10.3 Å². The molecule has 0 aromatic heterocycles. The van der Waals surface area contributed by atoms with Crippen LogP contribution in [0.4, 0.5) is 0 Å². The molecule has 0 aliphatic rings. The summed E-state index contributed by atoms with van der Waals surface area (Å²) in [5.74, 6) is 0. The molecule has 1 aromatic carbocycles. The van der Waals surface area contributed by atoms with Crippen molar-refractivity contribution in [2.45, 2.75) is 31.7 Å². The quantitative estimate of drug-likeness (QED) is 0.719. The van der Waals surface area contributed by atoms with Gasteiger partial charge in [-0.2, -0.15) is 8.42 Å². The minimum atomic E-state index is -4.03. The second kappa shape index (κ2) is 5.85. The Hall–Kier alpha value is -0.910. The Labute approximate surface area is 90.9 Å². The maximum atomic E-state index is 10.6. The van der Waals surface area contributed by atoms with Crippen LogP contribution in [0.2, 0.25) is 0 Å². The van der Waals surface area contributed by atoms with Crippen LogP contribution in [-0.4, -0.2) is 19.0 Å². The average molecular weight is 231 g/mol. The summed E-state index contributed by atoms with van der Waals surface area (Å²) in [4.78, 5) is -0.0278. The van der Waals surface area contributed by atoms with Crippen molar-refractivity contribution in [3.63, 3.8) is 0 Å². The molecule has 0 amide bonds. The Morgan fingerprint density at radius 2 is 1.67 bits per heavy atom. The van der Waals surface area contributed by atoms with Crippen LogP contribution in [0.3, 0.4) is 0 Å². The monoisotopic (exact) mass is 231 g/mol. The lowest BCUT2D eigenvalue weighted by atomic mass is 10.2. The molecule has 15 heavy (non-hydrogen) atoms. The first-order valence-electron chi connectivity index (χ1n) is 4.54. The Balaban J connectivity index is 0.000000423. The number of hydrogen-bond acceptors (Lipinski definition) is 3. The number of nitrogens with two attached hydrogens (primary N) is 1. The van der Waals surface area contributed by atoms with Crippen molar-refractivity contribution in [1.29, 1.82) is 0 Å². The maximum absolute atomic E-state index is 10.6. The van der Waals surface area contributed by atoms with Crippen molar-refractivity contribution in [3.05, 3.63) is 29.8 Å². The maximum Gasteiger partial charge on any atom is 0.294 e. The van der Waals surface area contributed by atoms with Crippen LogP contribution < -0.4 is 5.73 Å². The normalized spacial score (nSPS) is 10.8. The molecule has 0 fully saturated rings. The Morgan fingerprint density at radius 1 is 1.27 bits per heavy atom. The van der Waals surface area contributed by atoms with Gasteiger partial charge in [0, 0.05) is 0 Å². The topological polar surface area (TPSA) is 80.4 Å². The highest BCUT2D eigenvalue weighted by Gasteiger charge is 2.10. The predicted octanol–water partition coefficient (Wildman–Crippen LogP) is 1.60. The fourth-order valence-electron chi connectivity index (χ4n) is 0.846. The van der Waals surface area contributed by atoms with Gasteiger partial charge in [-0.25, -0.2) is 0 Å². The van der Waals surface area contributed by atoms with Crippen LogP contribution in [-0.2, 0) is 10.1 Å². The van der Waals surface area contributed by atoms with E-state index in [1.165, 1.54) is 6.07 Å². The predicted molar refractivity (Wildman–Crippen MR) is 60.3 cm³/mol. The summed E-state index contributed by atoms with van der Waals surface area (Å²) in [5.41, 5.74) is 5.66. The Morgan fingerprint density at radius 3 is 1.93 bits per heavy atom. The van der Waals surface area contributed by atoms with Gasteiger partial charge in [0.25, 0.3) is 10.1 Å². The van der Waals surface area contributed by atoms with Crippen molar-refractivity contribution in [3.8, 4) is 0 Å². The number of hydrogen-bond donors (Lipinski definition) is 2. The van der Waals surface area contributed by atoms with E-state index < -0.39 is 10.1 Å². The molecular formula is C10H17NO3S. The summed E-state index contributed by atoms with van der Waals surface area (Å²) >= 11 is 0. The van der Waals surface area contributed by atoms with Crippen molar-refractivity contribution < 1.29 is 13.0 Å². The lowest BCUT2D eigenvalue weighted by molar-refractivity contribution is 0.482. The van der Waals surface area contributed by atoms with E-state index in [0.717, 1.165) is 0 Å². The SMILES string of the molecule is CC(C)N.Cc1ccccc1S(=O)(=O)O. The molecule has 1 aromatic rings. The molecule has 86 valence electrons. The third-order valence-corrected chi connectivity index (χ3v) is 2.39. The molecule has 0 saturated heterocycles. The standard InChI is InChI=1S/C7H8O3S.C3H9N/c1-6-4-2-3-5-7(6)11(8,9)10;1-3(2)4/h2-5H,1H3,(H,8,9,10);3H,4H2,1-2H3. The second-order valence-electron chi connectivity index (χ2n) is 3.48. The lowest BCUT2D eigenvalue weighted by Crippen LogP contribution is -2.06. The van der Waals surface area contributed by atoms with E-state index in [-0.39, 0.29) is 4.90 Å². The van der Waals surface area contributed by atoms with Crippen LogP contribution in [0.1, 0.15) is 19.4 Å². The Bertz CT molecular complexity index is 396. The van der Waals surface area contributed by atoms with E-state index in [1.807, 2.05) is 13.8 Å². The summed E-state index contributed by atoms with van der Waals surface area (Å²) < 4.78 is 29.9. The second-order valence-corrected chi connectivity index (χ2v) is 4.87. The molecule has 3 N–H and O–H groups in total. The molecule has 0 bridgehead atoms. The van der Waals surface area contributed by atoms with Crippen LogP contribution in [0, 0.1) is 6.92 Å². The van der Waals surface area contributed by atoms with E-state index >= 15 is 0 Å². The van der Waals surface area contributed by atoms with Gasteiger partial charge in [0.15, 0.2) is 0 Å². The zero-order chi connectivity index (χ0) is 12.1. The minimum Gasteiger partial charge on any atom is -0.328 e. The summed E-state index contributed by atoms with van der Waals surface area (Å²) in [7, 11) is -4.03. The molecule has 0 radical (unpaired) electrons. The molecule has 0 spiro atoms. The molecule has 0 heterocycles. The van der Waals surface area contributed by atoms with E-state index in [1.54, 1.807) is 25.1 Å². The minimum absolute atomic E-state index is 0.0278. The zero-order valence-electron chi connectivity index (χ0n) is 9.14. The van der Waals surface area contributed by atoms with Gasteiger partial charge in [-0.3, -0.25) is 4.55 Å². The lowest BCUT2D eigenvalue weighted by Gasteiger charge is -1.99. The average Bonchev–Trinajstić information content (AvgIpc) is 2.01. The Kier molecular flexibility index (Phi) is 5.49. The highest BCUT2D eigenvalue weighted by Crippen LogP contribution is 2.12. The van der Waals surface area contributed by atoms with Gasteiger partial charge in [-0.1, -0.05) is 32.0 Å². The van der Waals surface area contributed by atoms with Crippen molar-refractivity contribution >= 4 is 10.1 Å². The zero-order valence-corrected chi connectivity index (χ0v) is 9.95. The molecule has 0 unspecified atom stereocenters. The van der Waals surface area contributed by atoms with Crippen molar-refractivity contribution in [2.24, 2.45) is 5.73 Å². The third-order valence-electron chi connectivity index (χ3n) is 1.37. The van der Waals surface area contributed by atoms with Gasteiger partial charge in [0.05, 0.1) is 4.90 Å². The van der Waals surface area contributed by atoms with Gasteiger partial charge in [-0.15, -0.1) is 0 Å². The smallest absolute Gasteiger partial charge is 0.294 e. The van der Waals surface area contributed by atoms with Gasteiger partial charge < -0.3 is 5.73 Å². The fourth-order valence-corrected chi connectivity index (χ4v) is 1.57. The van der Waals surface area contributed by atoms with E-state index in [0.29, 0.717) is 11.6 Å². The highest BCUT2D eigenvalue weighted by atomic mass is 32.2. The molecule has 1 rings (SSSR count). The summed E-state index contributed by atoms with van der Waals surface area (Å²) in [6.45, 7) is 5.52. The molecule has 4 nitrogen and oxygen atoms in total. The number of aryl methyl sites for hydroxylation is 1. The number of benzene rings is 1. The van der Waals surface area contributed by atoms with Gasteiger partial charge in [0.2, 0.25) is 0 Å². The van der Waals surface area contributed by atoms with E-state index in [2.05, 4.69) is 0 Å². The third kappa shape index (κ3) is 6.22. The van der Waals surface area contributed by atoms with Gasteiger partial charge in [-0.05, 0) is 24.6 Å². The first-order valence-corrected chi connectivity index (χ1v) is 5.98. The molecule has 5 heteroatoms. The summed E-state index contributed by atoms with van der Waals surface area (Å²) in [6, 6.07) is 6.61. The molecule has 0 atom stereocenters. The van der Waals surface area contributed by atoms with Crippen LogP contribution in [0.15, 0.2) is 29.2 Å². The van der Waals surface area contributed by atoms with Crippen molar-refractivity contribution in [1.82, 2.24) is 0 Å². The van der Waals surface area contributed by atoms with Gasteiger partial charge in [0.1, 0.15) is 0 Å². The largest absolute Gasteiger partial charge is 0.328 e. The van der Waals surface area contributed by atoms with E-state index in [9.17, 15) is 8.42 Å². The molecule has 0 aliphatic carbocycles. The fraction of sp³-hybridized carbons (Fsp3) is 0.400.